The molecule has 174 valence electrons. The lowest BCUT2D eigenvalue weighted by molar-refractivity contribution is -0.904. The number of ether oxygens (including phenoxy) is 2. The number of carbonyl (C=O) groups excluding carboxylic acids is 1. The van der Waals surface area contributed by atoms with Crippen LogP contribution in [0.15, 0.2) is 55.0 Å². The Labute approximate surface area is 179 Å². The molecule has 0 radical (unpaired) electrons. The fourth-order valence-corrected chi connectivity index (χ4v) is 2.52. The Hall–Kier alpha value is -4.10. The zero-order chi connectivity index (χ0) is 24.4. The lowest BCUT2D eigenvalue weighted by Gasteiger charge is -2.15. The van der Waals surface area contributed by atoms with E-state index in [0.717, 1.165) is 30.5 Å². The molecule has 33 heavy (non-hydrogen) atoms. The molecule has 3 rings (SSSR count). The summed E-state index contributed by atoms with van der Waals surface area (Å²) in [5, 5.41) is 11.5. The van der Waals surface area contributed by atoms with Crippen molar-refractivity contribution in [2.24, 2.45) is 0 Å². The molecule has 3 aromatic rings. The zero-order valence-electron chi connectivity index (χ0n) is 15.9. The van der Waals surface area contributed by atoms with Crippen LogP contribution in [0.25, 0.3) is 0 Å². The van der Waals surface area contributed by atoms with Gasteiger partial charge in [0.2, 0.25) is 12.4 Å². The van der Waals surface area contributed by atoms with E-state index in [9.17, 15) is 40.7 Å². The first-order valence-corrected chi connectivity index (χ1v) is 8.65. The van der Waals surface area contributed by atoms with E-state index in [4.69, 9.17) is 4.74 Å². The molecule has 1 amide bonds. The zero-order valence-corrected chi connectivity index (χ0v) is 15.9. The van der Waals surface area contributed by atoms with Gasteiger partial charge in [0, 0.05) is 10.8 Å². The summed E-state index contributed by atoms with van der Waals surface area (Å²) in [5.74, 6) is -5.05. The minimum Gasteiger partial charge on any atom is -0.455 e. The van der Waals surface area contributed by atoms with Crippen LogP contribution in [0.5, 0.6) is 17.2 Å². The van der Waals surface area contributed by atoms with E-state index in [2.05, 4.69) is 15.0 Å². The third-order valence-electron chi connectivity index (χ3n) is 3.81. The molecule has 14 heteroatoms. The molecule has 0 spiro atoms. The van der Waals surface area contributed by atoms with Gasteiger partial charge in [0.15, 0.2) is 17.3 Å². The predicted octanol–water partition coefficient (Wildman–Crippen LogP) is 4.71. The van der Waals surface area contributed by atoms with Crippen LogP contribution < -0.4 is 19.5 Å². The molecule has 1 aromatic carbocycles. The van der Waals surface area contributed by atoms with Crippen LogP contribution in [0, 0.1) is 5.82 Å². The van der Waals surface area contributed by atoms with Crippen molar-refractivity contribution in [3.63, 3.8) is 0 Å². The molecular weight excluding hydrogens is 467 g/mol. The van der Waals surface area contributed by atoms with Crippen LogP contribution in [0.1, 0.15) is 16.1 Å². The topological polar surface area (TPSA) is 84.6 Å². The van der Waals surface area contributed by atoms with Gasteiger partial charge in [0.05, 0.1) is 6.20 Å². The number of rotatable bonds is 5. The monoisotopic (exact) mass is 478 g/mol. The standard InChI is InChI=1S/C19H10F7N3O4/c20-15-14(17(30)28-10-2-1-7-29(31)9-10)13(8-27-16(15)18(21,22)23)32-11-3-5-12(6-4-11)33-19(24,25)26/h1-9H,(H-,28,30,31)/p+1. The lowest BCUT2D eigenvalue weighted by Crippen LogP contribution is -2.29. The summed E-state index contributed by atoms with van der Waals surface area (Å²) in [6.07, 6.45) is -7.61. The summed E-state index contributed by atoms with van der Waals surface area (Å²) >= 11 is 0. The van der Waals surface area contributed by atoms with Crippen LogP contribution in [-0.2, 0) is 6.18 Å². The van der Waals surface area contributed by atoms with E-state index in [-0.39, 0.29) is 11.4 Å². The number of aromatic nitrogens is 2. The highest BCUT2D eigenvalue weighted by Crippen LogP contribution is 2.36. The van der Waals surface area contributed by atoms with Crippen LogP contribution in [-0.4, -0.2) is 22.5 Å². The van der Waals surface area contributed by atoms with Crippen molar-refractivity contribution < 1.29 is 54.9 Å². The molecule has 2 N–H and O–H groups in total. The maximum absolute atomic E-state index is 14.7. The third kappa shape index (κ3) is 5.99. The minimum atomic E-state index is -5.24. The van der Waals surface area contributed by atoms with Gasteiger partial charge in [-0.1, -0.05) is 0 Å². The summed E-state index contributed by atoms with van der Waals surface area (Å²) in [5.41, 5.74) is -3.27. The summed E-state index contributed by atoms with van der Waals surface area (Å²) in [6.45, 7) is 0. The quantitative estimate of drug-likeness (QED) is 0.315. The number of benzene rings is 1. The van der Waals surface area contributed by atoms with Crippen molar-refractivity contribution in [1.29, 1.82) is 0 Å². The van der Waals surface area contributed by atoms with Crippen molar-refractivity contribution >= 4 is 11.6 Å². The number of nitrogens with one attached hydrogen (secondary N) is 1. The molecule has 0 atom stereocenters. The molecule has 2 heterocycles. The number of anilines is 1. The van der Waals surface area contributed by atoms with Crippen LogP contribution in [0.2, 0.25) is 0 Å². The van der Waals surface area contributed by atoms with Gasteiger partial charge in [0.25, 0.3) is 5.91 Å². The molecule has 7 nitrogen and oxygen atoms in total. The highest BCUT2D eigenvalue weighted by atomic mass is 19.4. The Bertz CT molecular complexity index is 1170. The van der Waals surface area contributed by atoms with Gasteiger partial charge >= 0.3 is 12.5 Å². The molecule has 0 saturated carbocycles. The van der Waals surface area contributed by atoms with E-state index < -0.39 is 47.0 Å². The number of alkyl halides is 6. The van der Waals surface area contributed by atoms with E-state index in [1.807, 2.05) is 0 Å². The van der Waals surface area contributed by atoms with Crippen molar-refractivity contribution in [2.75, 3.05) is 5.32 Å². The van der Waals surface area contributed by atoms with E-state index >= 15 is 0 Å². The van der Waals surface area contributed by atoms with Gasteiger partial charge in [-0.2, -0.15) is 13.2 Å². The van der Waals surface area contributed by atoms with Gasteiger partial charge in [0.1, 0.15) is 22.7 Å². The summed E-state index contributed by atoms with van der Waals surface area (Å²) in [4.78, 5) is 15.5. The number of hydrogen-bond acceptors (Lipinski definition) is 5. The average molecular weight is 478 g/mol. The minimum absolute atomic E-state index is 0.102. The van der Waals surface area contributed by atoms with Crippen LogP contribution >= 0.6 is 0 Å². The number of carbonyl (C=O) groups is 1. The van der Waals surface area contributed by atoms with Crippen LogP contribution in [0.3, 0.4) is 0 Å². The molecule has 0 aliphatic carbocycles. The molecule has 0 aliphatic heterocycles. The largest absolute Gasteiger partial charge is 0.573 e. The molecular formula is C19H11F7N3O4+. The Morgan fingerprint density at radius 3 is 2.24 bits per heavy atom. The highest BCUT2D eigenvalue weighted by Gasteiger charge is 2.39. The van der Waals surface area contributed by atoms with Crippen molar-refractivity contribution in [3.05, 3.63) is 72.1 Å². The number of amides is 1. The first kappa shape index (κ1) is 23.6. The molecule has 0 saturated heterocycles. The van der Waals surface area contributed by atoms with Crippen LogP contribution in [0.4, 0.5) is 36.4 Å². The maximum atomic E-state index is 14.7. The second kappa shape index (κ2) is 8.80. The summed E-state index contributed by atoms with van der Waals surface area (Å²) < 4.78 is 100. The Kier molecular flexibility index (Phi) is 6.28. The summed E-state index contributed by atoms with van der Waals surface area (Å²) in [7, 11) is 0. The second-order valence-electron chi connectivity index (χ2n) is 6.21. The molecule has 2 aromatic heterocycles. The Morgan fingerprint density at radius 1 is 1.03 bits per heavy atom. The number of hydrogen-bond donors (Lipinski definition) is 2. The lowest BCUT2D eigenvalue weighted by atomic mass is 10.1. The fourth-order valence-electron chi connectivity index (χ4n) is 2.52. The van der Waals surface area contributed by atoms with Crippen molar-refractivity contribution in [3.8, 4) is 17.2 Å². The van der Waals surface area contributed by atoms with E-state index in [1.165, 1.54) is 18.3 Å². The Balaban J connectivity index is 1.97. The highest BCUT2D eigenvalue weighted by molar-refractivity contribution is 6.06. The van der Waals surface area contributed by atoms with Gasteiger partial charge in [-0.3, -0.25) is 10.0 Å². The van der Waals surface area contributed by atoms with E-state index in [0.29, 0.717) is 10.9 Å². The first-order valence-electron chi connectivity index (χ1n) is 8.65. The molecule has 0 bridgehead atoms. The third-order valence-corrected chi connectivity index (χ3v) is 3.81. The molecule has 0 aliphatic rings. The Morgan fingerprint density at radius 2 is 1.67 bits per heavy atom. The second-order valence-corrected chi connectivity index (χ2v) is 6.21. The van der Waals surface area contributed by atoms with Crippen molar-refractivity contribution in [2.45, 2.75) is 12.5 Å². The molecule has 0 unspecified atom stereocenters. The smallest absolute Gasteiger partial charge is 0.455 e. The van der Waals surface area contributed by atoms with Crippen molar-refractivity contribution in [1.82, 2.24) is 4.98 Å². The number of nitrogens with zero attached hydrogens (tertiary/aromatic N) is 2. The predicted molar refractivity (Wildman–Crippen MR) is 94.2 cm³/mol. The van der Waals surface area contributed by atoms with Gasteiger partial charge < -0.3 is 14.8 Å². The van der Waals surface area contributed by atoms with Gasteiger partial charge in [-0.05, 0) is 30.3 Å². The fraction of sp³-hybridized carbons (Fsp3) is 0.105. The van der Waals surface area contributed by atoms with E-state index in [1.54, 1.807) is 0 Å². The number of pyridine rings is 2. The van der Waals surface area contributed by atoms with Gasteiger partial charge in [-0.15, -0.1) is 13.2 Å². The summed E-state index contributed by atoms with van der Waals surface area (Å²) in [6, 6.07) is 6.10. The maximum Gasteiger partial charge on any atom is 0.573 e. The number of halogens is 7. The normalized spacial score (nSPS) is 11.7. The SMILES string of the molecule is O=C(Nc1ccc[n+](O)c1)c1c(Oc2ccc(OC(F)(F)F)cc2)cnc(C(F)(F)F)c1F. The van der Waals surface area contributed by atoms with Gasteiger partial charge in [-0.25, -0.2) is 9.37 Å². The molecule has 0 fully saturated rings. The average Bonchev–Trinajstić information content (AvgIpc) is 2.67. The first-order chi connectivity index (χ1) is 15.3.